The van der Waals surface area contributed by atoms with E-state index in [1.54, 1.807) is 0 Å². The van der Waals surface area contributed by atoms with E-state index in [4.69, 9.17) is 0 Å². The molecule has 112 valence electrons. The minimum Gasteiger partial charge on any atom is -0.396 e. The van der Waals surface area contributed by atoms with E-state index in [-0.39, 0.29) is 30.7 Å². The van der Waals surface area contributed by atoms with E-state index in [9.17, 15) is 19.0 Å². The van der Waals surface area contributed by atoms with Gasteiger partial charge in [-0.15, -0.1) is 0 Å². The molecule has 1 aromatic rings. The highest BCUT2D eigenvalue weighted by Gasteiger charge is 2.25. The number of hydrogen-bond acceptors (Lipinski definition) is 3. The highest BCUT2D eigenvalue weighted by Crippen LogP contribution is 2.25. The molecule has 3 nitrogen and oxygen atoms in total. The second-order valence-corrected chi connectivity index (χ2v) is 5.42. The molecule has 1 saturated carbocycles. The van der Waals surface area contributed by atoms with Gasteiger partial charge in [0.25, 0.3) is 0 Å². The molecule has 0 aliphatic heterocycles. The number of aliphatic hydroxyl groups is 2. The molecular weight excluding hydrogens is 264 g/mol. The van der Waals surface area contributed by atoms with Crippen LogP contribution in [0.2, 0.25) is 0 Å². The maximum absolute atomic E-state index is 13.5. The SMILES string of the molecule is OCC1CCCCC1NCC(O)c1ccc(F)cc1F. The zero-order chi connectivity index (χ0) is 14.5. The molecule has 3 unspecified atom stereocenters. The first-order valence-corrected chi connectivity index (χ1v) is 7.09. The van der Waals surface area contributed by atoms with E-state index < -0.39 is 17.7 Å². The highest BCUT2D eigenvalue weighted by molar-refractivity contribution is 5.21. The lowest BCUT2D eigenvalue weighted by molar-refractivity contribution is 0.125. The fraction of sp³-hybridized carbons (Fsp3) is 0.600. The third-order valence-corrected chi connectivity index (χ3v) is 4.04. The number of aliphatic hydroxyl groups excluding tert-OH is 2. The van der Waals surface area contributed by atoms with Crippen LogP contribution in [0, 0.1) is 17.6 Å². The van der Waals surface area contributed by atoms with Gasteiger partial charge in [-0.2, -0.15) is 0 Å². The van der Waals surface area contributed by atoms with Crippen molar-refractivity contribution >= 4 is 0 Å². The van der Waals surface area contributed by atoms with Crippen molar-refractivity contribution in [2.24, 2.45) is 5.92 Å². The fourth-order valence-electron chi connectivity index (χ4n) is 2.84. The molecule has 0 spiro atoms. The van der Waals surface area contributed by atoms with Crippen molar-refractivity contribution < 1.29 is 19.0 Å². The predicted molar refractivity (Wildman–Crippen MR) is 72.2 cm³/mol. The summed E-state index contributed by atoms with van der Waals surface area (Å²) in [6.07, 6.45) is 3.10. The molecule has 0 bridgehead atoms. The van der Waals surface area contributed by atoms with Gasteiger partial charge in [0.15, 0.2) is 0 Å². The molecule has 20 heavy (non-hydrogen) atoms. The van der Waals surface area contributed by atoms with Crippen LogP contribution in [0.4, 0.5) is 8.78 Å². The molecule has 3 atom stereocenters. The molecule has 1 fully saturated rings. The molecular formula is C15H21F2NO2. The fourth-order valence-corrected chi connectivity index (χ4v) is 2.84. The van der Waals surface area contributed by atoms with E-state index in [0.717, 1.165) is 37.8 Å². The molecule has 3 N–H and O–H groups in total. The number of benzene rings is 1. The van der Waals surface area contributed by atoms with Gasteiger partial charge in [-0.05, 0) is 24.8 Å². The van der Waals surface area contributed by atoms with Crippen LogP contribution in [0.15, 0.2) is 18.2 Å². The zero-order valence-corrected chi connectivity index (χ0v) is 11.4. The van der Waals surface area contributed by atoms with Crippen LogP contribution in [0.3, 0.4) is 0 Å². The second kappa shape index (κ2) is 7.11. The third kappa shape index (κ3) is 3.75. The zero-order valence-electron chi connectivity index (χ0n) is 11.4. The summed E-state index contributed by atoms with van der Waals surface area (Å²) in [5.41, 5.74) is 0.0928. The van der Waals surface area contributed by atoms with Crippen molar-refractivity contribution in [2.75, 3.05) is 13.2 Å². The normalized spacial score (nSPS) is 24.6. The van der Waals surface area contributed by atoms with Crippen molar-refractivity contribution in [3.05, 3.63) is 35.4 Å². The molecule has 0 heterocycles. The Hall–Kier alpha value is -1.04. The van der Waals surface area contributed by atoms with Crippen molar-refractivity contribution in [2.45, 2.75) is 37.8 Å². The minimum atomic E-state index is -1.02. The summed E-state index contributed by atoms with van der Waals surface area (Å²) in [7, 11) is 0. The topological polar surface area (TPSA) is 52.5 Å². The lowest BCUT2D eigenvalue weighted by atomic mass is 9.85. The van der Waals surface area contributed by atoms with Crippen molar-refractivity contribution in [3.8, 4) is 0 Å². The van der Waals surface area contributed by atoms with E-state index in [2.05, 4.69) is 5.32 Å². The van der Waals surface area contributed by atoms with Gasteiger partial charge in [-0.1, -0.05) is 18.9 Å². The average Bonchev–Trinajstić information content (AvgIpc) is 2.45. The summed E-state index contributed by atoms with van der Waals surface area (Å²) >= 11 is 0. The van der Waals surface area contributed by atoms with Crippen molar-refractivity contribution in [3.63, 3.8) is 0 Å². The number of rotatable bonds is 5. The lowest BCUT2D eigenvalue weighted by Gasteiger charge is -2.31. The second-order valence-electron chi connectivity index (χ2n) is 5.42. The summed E-state index contributed by atoms with van der Waals surface area (Å²) < 4.78 is 26.4. The summed E-state index contributed by atoms with van der Waals surface area (Å²) in [6, 6.07) is 3.32. The number of halogens is 2. The molecule has 0 radical (unpaired) electrons. The first-order valence-electron chi connectivity index (χ1n) is 7.09. The van der Waals surface area contributed by atoms with Gasteiger partial charge < -0.3 is 15.5 Å². The maximum Gasteiger partial charge on any atom is 0.131 e. The maximum atomic E-state index is 13.5. The average molecular weight is 285 g/mol. The molecule has 0 saturated heterocycles. The number of hydrogen-bond donors (Lipinski definition) is 3. The van der Waals surface area contributed by atoms with Crippen molar-refractivity contribution in [1.82, 2.24) is 5.32 Å². The Balaban J connectivity index is 1.92. The Bertz CT molecular complexity index is 442. The lowest BCUT2D eigenvalue weighted by Crippen LogP contribution is -2.42. The Morgan fingerprint density at radius 2 is 2.00 bits per heavy atom. The van der Waals surface area contributed by atoms with Crippen LogP contribution >= 0.6 is 0 Å². The molecule has 1 aliphatic carbocycles. The molecule has 1 aromatic carbocycles. The summed E-state index contributed by atoms with van der Waals surface area (Å²) in [5.74, 6) is -1.20. The van der Waals surface area contributed by atoms with Gasteiger partial charge in [0, 0.05) is 30.8 Å². The van der Waals surface area contributed by atoms with Crippen molar-refractivity contribution in [1.29, 1.82) is 0 Å². The standard InChI is InChI=1S/C15H21F2NO2/c16-11-5-6-12(13(17)7-11)15(20)8-18-14-4-2-1-3-10(14)9-19/h5-7,10,14-15,18-20H,1-4,8-9H2. The molecule has 2 rings (SSSR count). The smallest absolute Gasteiger partial charge is 0.131 e. The van der Waals surface area contributed by atoms with Gasteiger partial charge in [-0.3, -0.25) is 0 Å². The molecule has 1 aliphatic rings. The number of nitrogens with one attached hydrogen (secondary N) is 1. The van der Waals surface area contributed by atoms with E-state index >= 15 is 0 Å². The summed E-state index contributed by atoms with van der Waals surface area (Å²) in [6.45, 7) is 0.322. The predicted octanol–water partition coefficient (Wildman–Crippen LogP) is 2.14. The van der Waals surface area contributed by atoms with E-state index in [1.807, 2.05) is 0 Å². The van der Waals surface area contributed by atoms with Crippen LogP contribution in [0.1, 0.15) is 37.4 Å². The van der Waals surface area contributed by atoms with Crippen LogP contribution in [-0.2, 0) is 0 Å². The Morgan fingerprint density at radius 3 is 2.70 bits per heavy atom. The van der Waals surface area contributed by atoms with E-state index in [1.165, 1.54) is 6.07 Å². The minimum absolute atomic E-state index is 0.0928. The first kappa shape index (κ1) is 15.4. The van der Waals surface area contributed by atoms with E-state index in [0.29, 0.717) is 0 Å². The van der Waals surface area contributed by atoms with Gasteiger partial charge in [0.1, 0.15) is 11.6 Å². The van der Waals surface area contributed by atoms with Crippen LogP contribution in [0.25, 0.3) is 0 Å². The summed E-state index contributed by atoms with van der Waals surface area (Å²) in [4.78, 5) is 0. The highest BCUT2D eigenvalue weighted by atomic mass is 19.1. The summed E-state index contributed by atoms with van der Waals surface area (Å²) in [5, 5.41) is 22.5. The molecule has 0 aromatic heterocycles. The molecule has 5 heteroatoms. The van der Waals surface area contributed by atoms with Gasteiger partial charge in [0.2, 0.25) is 0 Å². The van der Waals surface area contributed by atoms with Gasteiger partial charge in [-0.25, -0.2) is 8.78 Å². The first-order chi connectivity index (χ1) is 9.61. The Kier molecular flexibility index (Phi) is 5.46. The Labute approximate surface area is 117 Å². The quantitative estimate of drug-likeness (QED) is 0.777. The monoisotopic (exact) mass is 285 g/mol. The molecule has 0 amide bonds. The Morgan fingerprint density at radius 1 is 1.25 bits per heavy atom. The van der Waals surface area contributed by atoms with Gasteiger partial charge >= 0.3 is 0 Å². The third-order valence-electron chi connectivity index (χ3n) is 4.04. The van der Waals surface area contributed by atoms with Gasteiger partial charge in [0.05, 0.1) is 6.10 Å². The van der Waals surface area contributed by atoms with Crippen LogP contribution < -0.4 is 5.32 Å². The van der Waals surface area contributed by atoms with Crippen LogP contribution in [0.5, 0.6) is 0 Å². The largest absolute Gasteiger partial charge is 0.396 e. The van der Waals surface area contributed by atoms with Crippen LogP contribution in [-0.4, -0.2) is 29.4 Å².